The first kappa shape index (κ1) is 15.5. The molecule has 0 unspecified atom stereocenters. The van der Waals surface area contributed by atoms with Crippen LogP contribution in [0.25, 0.3) is 10.9 Å². The molecule has 0 spiro atoms. The molecule has 0 aliphatic carbocycles. The first-order chi connectivity index (χ1) is 11.2. The number of hydrogen-bond donors (Lipinski definition) is 1. The Bertz CT molecular complexity index is 721. The molecule has 5 heteroatoms. The lowest BCUT2D eigenvalue weighted by Gasteiger charge is -2.31. The molecule has 2 amide bonds. The fraction of sp³-hybridized carbons (Fsp3) is 0.389. The van der Waals surface area contributed by atoms with Crippen LogP contribution in [0.2, 0.25) is 0 Å². The van der Waals surface area contributed by atoms with Crippen molar-refractivity contribution in [1.29, 1.82) is 0 Å². The van der Waals surface area contributed by atoms with Crippen molar-refractivity contribution in [2.75, 3.05) is 20.1 Å². The highest BCUT2D eigenvalue weighted by atomic mass is 16.2. The van der Waals surface area contributed by atoms with Crippen molar-refractivity contribution < 1.29 is 9.59 Å². The van der Waals surface area contributed by atoms with Gasteiger partial charge in [-0.3, -0.25) is 14.6 Å². The summed E-state index contributed by atoms with van der Waals surface area (Å²) in [5.41, 5.74) is 1.53. The second-order valence-corrected chi connectivity index (χ2v) is 6.03. The van der Waals surface area contributed by atoms with Crippen molar-refractivity contribution in [2.45, 2.75) is 19.3 Å². The van der Waals surface area contributed by atoms with Gasteiger partial charge < -0.3 is 10.2 Å². The van der Waals surface area contributed by atoms with E-state index in [1.807, 2.05) is 35.2 Å². The Morgan fingerprint density at radius 1 is 1.26 bits per heavy atom. The summed E-state index contributed by atoms with van der Waals surface area (Å²) in [4.78, 5) is 30.3. The van der Waals surface area contributed by atoms with Crippen LogP contribution in [0.15, 0.2) is 36.5 Å². The molecule has 1 fully saturated rings. The van der Waals surface area contributed by atoms with Crippen molar-refractivity contribution in [3.8, 4) is 0 Å². The number of carbonyl (C=O) groups is 2. The Morgan fingerprint density at radius 2 is 2.00 bits per heavy atom. The average molecular weight is 311 g/mol. The van der Waals surface area contributed by atoms with Crippen molar-refractivity contribution in [1.82, 2.24) is 15.2 Å². The smallest absolute Gasteiger partial charge is 0.255 e. The van der Waals surface area contributed by atoms with Gasteiger partial charge in [0.25, 0.3) is 5.91 Å². The van der Waals surface area contributed by atoms with Gasteiger partial charge in [-0.05, 0) is 30.9 Å². The summed E-state index contributed by atoms with van der Waals surface area (Å²) in [6.07, 6.45) is 3.96. The normalized spacial score (nSPS) is 15.6. The van der Waals surface area contributed by atoms with Crippen LogP contribution in [0.4, 0.5) is 0 Å². The molecule has 5 nitrogen and oxygen atoms in total. The molecule has 1 aliphatic heterocycles. The van der Waals surface area contributed by atoms with Gasteiger partial charge >= 0.3 is 0 Å². The van der Waals surface area contributed by atoms with E-state index < -0.39 is 0 Å². The lowest BCUT2D eigenvalue weighted by atomic mass is 9.93. The van der Waals surface area contributed by atoms with Gasteiger partial charge in [-0.2, -0.15) is 0 Å². The number of nitrogens with zero attached hydrogens (tertiary/aromatic N) is 2. The Balaban J connectivity index is 1.65. The Labute approximate surface area is 135 Å². The maximum atomic E-state index is 12.6. The van der Waals surface area contributed by atoms with E-state index in [2.05, 4.69) is 10.3 Å². The van der Waals surface area contributed by atoms with Crippen molar-refractivity contribution in [3.63, 3.8) is 0 Å². The zero-order chi connectivity index (χ0) is 16.2. The number of rotatable bonds is 3. The maximum Gasteiger partial charge on any atom is 0.255 e. The summed E-state index contributed by atoms with van der Waals surface area (Å²) in [6.45, 7) is 1.40. The van der Waals surface area contributed by atoms with Gasteiger partial charge in [-0.15, -0.1) is 0 Å². The third-order valence-electron chi connectivity index (χ3n) is 4.49. The molecule has 1 aliphatic rings. The van der Waals surface area contributed by atoms with Crippen LogP contribution in [-0.4, -0.2) is 41.8 Å². The predicted molar refractivity (Wildman–Crippen MR) is 89.1 cm³/mol. The summed E-state index contributed by atoms with van der Waals surface area (Å²) in [7, 11) is 1.66. The van der Waals surface area contributed by atoms with Gasteiger partial charge in [0.1, 0.15) is 0 Å². The molecular weight excluding hydrogens is 290 g/mol. The summed E-state index contributed by atoms with van der Waals surface area (Å²) in [5, 5.41) is 3.64. The van der Waals surface area contributed by atoms with Gasteiger partial charge in [0.05, 0.1) is 11.1 Å². The van der Waals surface area contributed by atoms with E-state index in [0.29, 0.717) is 31.0 Å². The minimum absolute atomic E-state index is 0.0293. The SMILES string of the molecule is CNC(=O)CC1CCN(C(=O)c2cnc3ccccc3c2)CC1. The predicted octanol–water partition coefficient (Wildman–Crippen LogP) is 2.22. The van der Waals surface area contributed by atoms with Crippen molar-refractivity contribution in [2.24, 2.45) is 5.92 Å². The largest absolute Gasteiger partial charge is 0.359 e. The lowest BCUT2D eigenvalue weighted by Crippen LogP contribution is -2.39. The number of benzene rings is 1. The molecule has 2 heterocycles. The van der Waals surface area contributed by atoms with Crippen LogP contribution in [-0.2, 0) is 4.79 Å². The summed E-state index contributed by atoms with van der Waals surface area (Å²) in [5.74, 6) is 0.476. The molecule has 1 aromatic carbocycles. The number of pyridine rings is 1. The molecule has 2 aromatic rings. The fourth-order valence-corrected chi connectivity index (χ4v) is 3.07. The first-order valence-electron chi connectivity index (χ1n) is 8.02. The standard InChI is InChI=1S/C18H21N3O2/c1-19-17(22)10-13-6-8-21(9-7-13)18(23)15-11-14-4-2-3-5-16(14)20-12-15/h2-5,11-13H,6-10H2,1H3,(H,19,22). The number of nitrogens with one attached hydrogen (secondary N) is 1. The quantitative estimate of drug-likeness (QED) is 0.945. The Morgan fingerprint density at radius 3 is 2.74 bits per heavy atom. The molecule has 1 saturated heterocycles. The number of likely N-dealkylation sites (tertiary alicyclic amines) is 1. The van der Waals surface area contributed by atoms with E-state index in [9.17, 15) is 9.59 Å². The molecular formula is C18H21N3O2. The van der Waals surface area contributed by atoms with E-state index in [1.165, 1.54) is 0 Å². The van der Waals surface area contributed by atoms with Crippen molar-refractivity contribution >= 4 is 22.7 Å². The van der Waals surface area contributed by atoms with Gasteiger partial charge in [0.15, 0.2) is 0 Å². The topological polar surface area (TPSA) is 62.3 Å². The van der Waals surface area contributed by atoms with E-state index in [-0.39, 0.29) is 11.8 Å². The highest BCUT2D eigenvalue weighted by Crippen LogP contribution is 2.22. The van der Waals surface area contributed by atoms with Gasteiger partial charge in [-0.1, -0.05) is 18.2 Å². The summed E-state index contributed by atoms with van der Waals surface area (Å²) in [6, 6.07) is 9.69. The highest BCUT2D eigenvalue weighted by Gasteiger charge is 2.25. The number of carbonyl (C=O) groups excluding carboxylic acids is 2. The molecule has 0 saturated carbocycles. The number of fused-ring (bicyclic) bond motifs is 1. The number of amides is 2. The van der Waals surface area contributed by atoms with Crippen LogP contribution in [0.3, 0.4) is 0 Å². The van der Waals surface area contributed by atoms with Crippen LogP contribution in [0, 0.1) is 5.92 Å². The van der Waals surface area contributed by atoms with Gasteiger partial charge in [-0.25, -0.2) is 0 Å². The average Bonchev–Trinajstić information content (AvgIpc) is 2.61. The molecule has 0 bridgehead atoms. The number of para-hydroxylation sites is 1. The number of piperidine rings is 1. The monoisotopic (exact) mass is 311 g/mol. The zero-order valence-corrected chi connectivity index (χ0v) is 13.3. The van der Waals surface area contributed by atoms with Crippen molar-refractivity contribution in [3.05, 3.63) is 42.1 Å². The maximum absolute atomic E-state index is 12.6. The number of hydrogen-bond acceptors (Lipinski definition) is 3. The highest BCUT2D eigenvalue weighted by molar-refractivity contribution is 5.97. The van der Waals surface area contributed by atoms with E-state index in [1.54, 1.807) is 13.2 Å². The third-order valence-corrected chi connectivity index (χ3v) is 4.49. The lowest BCUT2D eigenvalue weighted by molar-refractivity contribution is -0.121. The van der Waals surface area contributed by atoms with E-state index >= 15 is 0 Å². The summed E-state index contributed by atoms with van der Waals surface area (Å²) >= 11 is 0. The van der Waals surface area contributed by atoms with E-state index in [0.717, 1.165) is 23.7 Å². The number of aromatic nitrogens is 1. The van der Waals surface area contributed by atoms with E-state index in [4.69, 9.17) is 0 Å². The second kappa shape index (κ2) is 6.77. The molecule has 120 valence electrons. The molecule has 0 atom stereocenters. The zero-order valence-electron chi connectivity index (χ0n) is 13.3. The van der Waals surface area contributed by atoms with Crippen LogP contribution in [0.5, 0.6) is 0 Å². The summed E-state index contributed by atoms with van der Waals surface area (Å²) < 4.78 is 0. The Kier molecular flexibility index (Phi) is 4.55. The molecule has 23 heavy (non-hydrogen) atoms. The fourth-order valence-electron chi connectivity index (χ4n) is 3.07. The molecule has 0 radical (unpaired) electrons. The minimum Gasteiger partial charge on any atom is -0.359 e. The van der Waals surface area contributed by atoms with Gasteiger partial charge in [0, 0.05) is 38.1 Å². The molecule has 1 aromatic heterocycles. The third kappa shape index (κ3) is 3.50. The second-order valence-electron chi connectivity index (χ2n) is 6.03. The first-order valence-corrected chi connectivity index (χ1v) is 8.02. The molecule has 1 N–H and O–H groups in total. The van der Waals surface area contributed by atoms with Gasteiger partial charge in [0.2, 0.25) is 5.91 Å². The Hall–Kier alpha value is -2.43. The van der Waals surface area contributed by atoms with Crippen LogP contribution < -0.4 is 5.32 Å². The van der Waals surface area contributed by atoms with Crippen LogP contribution >= 0.6 is 0 Å². The van der Waals surface area contributed by atoms with Crippen LogP contribution in [0.1, 0.15) is 29.6 Å². The molecule has 3 rings (SSSR count). The minimum atomic E-state index is 0.0293.